The Bertz CT molecular complexity index is 670. The number of nitrogens with one attached hydrogen (secondary N) is 1. The fraction of sp³-hybridized carbons (Fsp3) is 0.632. The molecule has 1 aromatic rings. The van der Waals surface area contributed by atoms with Crippen molar-refractivity contribution >= 4 is 34.4 Å². The molecule has 8 heteroatoms. The summed E-state index contributed by atoms with van der Waals surface area (Å²) in [4.78, 5) is 2.37. The monoisotopic (exact) mass is 527 g/mol. The molecule has 2 atom stereocenters. The summed E-state index contributed by atoms with van der Waals surface area (Å²) in [6.07, 6.45) is 3.21. The number of likely N-dealkylation sites (tertiary alicyclic amines) is 1. The third-order valence-electron chi connectivity index (χ3n) is 5.50. The van der Waals surface area contributed by atoms with Crippen molar-refractivity contribution in [3.05, 3.63) is 34.9 Å². The minimum Gasteiger partial charge on any atom is -1.00 e. The Morgan fingerprint density at radius 2 is 1.85 bits per heavy atom. The summed E-state index contributed by atoms with van der Waals surface area (Å²) in [6.45, 7) is 8.13. The van der Waals surface area contributed by atoms with Gasteiger partial charge in [0.05, 0.1) is 17.7 Å². The van der Waals surface area contributed by atoms with Crippen molar-refractivity contribution < 1.29 is 38.5 Å². The fourth-order valence-electron chi connectivity index (χ4n) is 3.91. The van der Waals surface area contributed by atoms with E-state index in [0.29, 0.717) is 5.56 Å². The van der Waals surface area contributed by atoms with Crippen LogP contribution in [0.5, 0.6) is 0 Å². The van der Waals surface area contributed by atoms with Crippen LogP contribution in [0.25, 0.3) is 0 Å². The zero-order valence-corrected chi connectivity index (χ0v) is 21.9. The normalized spacial score (nSPS) is 21.9. The van der Waals surface area contributed by atoms with Gasteiger partial charge in [-0.05, 0) is 83.4 Å². The summed E-state index contributed by atoms with van der Waals surface area (Å²) in [5.41, 5.74) is 3.29. The van der Waals surface area contributed by atoms with E-state index in [2.05, 4.69) is 28.8 Å². The van der Waals surface area contributed by atoms with Gasteiger partial charge in [-0.3, -0.25) is 0 Å². The minimum atomic E-state index is -1.13. The molecule has 1 aliphatic carbocycles. The molecular weight excluding hydrogens is 502 g/mol. The van der Waals surface area contributed by atoms with Crippen molar-refractivity contribution in [1.82, 2.24) is 9.62 Å². The summed E-state index contributed by atoms with van der Waals surface area (Å²) in [7, 11) is 2.17. The van der Waals surface area contributed by atoms with Gasteiger partial charge < -0.3 is 43.4 Å². The SMILES string of the molecule is CN1CCC2(CC1)Cc1ccc(C#N)cc1[C@H]2N[S+]([O-])C(C)(C)C.[Br-].[Br-].[Mg+2]. The molecule has 0 amide bonds. The maximum atomic E-state index is 12.8. The predicted molar refractivity (Wildman–Crippen MR) is 104 cm³/mol. The second-order valence-electron chi connectivity index (χ2n) is 8.30. The first kappa shape index (κ1) is 27.7. The quantitative estimate of drug-likeness (QED) is 0.320. The predicted octanol–water partition coefficient (Wildman–Crippen LogP) is -3.45. The van der Waals surface area contributed by atoms with Gasteiger partial charge in [0.25, 0.3) is 0 Å². The number of piperidine rings is 1. The average molecular weight is 530 g/mol. The largest absolute Gasteiger partial charge is 2.00 e. The maximum Gasteiger partial charge on any atom is 2.00 e. The van der Waals surface area contributed by atoms with Crippen LogP contribution >= 0.6 is 0 Å². The standard InChI is InChI=1S/C19H27N3OS.2BrH.Mg/c1-18(2,3)24(23)21-17-16-11-14(13-20)5-6-15(16)12-19(17)7-9-22(4)10-8-19;;;/h5-6,11,17,21H,7-10,12H2,1-4H3;2*1H;/q;;;+2/p-2/t17-,24?;;;/m1.../s1. The summed E-state index contributed by atoms with van der Waals surface area (Å²) in [6, 6.07) is 8.31. The van der Waals surface area contributed by atoms with Crippen LogP contribution in [0.4, 0.5) is 0 Å². The molecule has 146 valence electrons. The van der Waals surface area contributed by atoms with E-state index in [-0.39, 0.29) is 73.2 Å². The molecule has 0 aromatic heterocycles. The third-order valence-corrected chi connectivity index (χ3v) is 7.07. The Labute approximate surface area is 203 Å². The second kappa shape index (κ2) is 10.6. The summed E-state index contributed by atoms with van der Waals surface area (Å²) >= 11 is -1.13. The van der Waals surface area contributed by atoms with E-state index in [1.807, 2.05) is 32.9 Å². The fourth-order valence-corrected chi connectivity index (χ4v) is 4.85. The van der Waals surface area contributed by atoms with Crippen LogP contribution in [0.2, 0.25) is 0 Å². The van der Waals surface area contributed by atoms with Crippen molar-refractivity contribution in [2.45, 2.75) is 50.8 Å². The number of halogens is 2. The van der Waals surface area contributed by atoms with E-state index in [4.69, 9.17) is 0 Å². The van der Waals surface area contributed by atoms with Crippen LogP contribution in [-0.2, 0) is 17.8 Å². The van der Waals surface area contributed by atoms with Crippen molar-refractivity contribution in [2.75, 3.05) is 20.1 Å². The van der Waals surface area contributed by atoms with Gasteiger partial charge in [-0.1, -0.05) is 6.07 Å². The van der Waals surface area contributed by atoms with Crippen LogP contribution in [-0.4, -0.2) is 57.4 Å². The molecule has 27 heavy (non-hydrogen) atoms. The molecule has 1 aliphatic heterocycles. The molecule has 0 radical (unpaired) electrons. The van der Waals surface area contributed by atoms with Gasteiger partial charge in [-0.25, -0.2) is 0 Å². The van der Waals surface area contributed by atoms with E-state index in [0.717, 1.165) is 32.4 Å². The van der Waals surface area contributed by atoms with Crippen LogP contribution in [0.15, 0.2) is 18.2 Å². The Morgan fingerprint density at radius 1 is 1.26 bits per heavy atom. The second-order valence-corrected chi connectivity index (χ2v) is 10.3. The van der Waals surface area contributed by atoms with Gasteiger partial charge in [0.1, 0.15) is 4.75 Å². The molecule has 1 fully saturated rings. The van der Waals surface area contributed by atoms with Crippen LogP contribution in [0, 0.1) is 16.7 Å². The summed E-state index contributed by atoms with van der Waals surface area (Å²) in [5, 5.41) is 9.27. The zero-order chi connectivity index (χ0) is 17.5. The van der Waals surface area contributed by atoms with E-state index < -0.39 is 11.4 Å². The molecular formula is C19H27Br2MgN3OS. The molecule has 2 aliphatic rings. The Balaban J connectivity index is 0.00000225. The molecule has 0 bridgehead atoms. The molecule has 1 aromatic carbocycles. The van der Waals surface area contributed by atoms with Crippen molar-refractivity contribution in [2.24, 2.45) is 5.41 Å². The van der Waals surface area contributed by atoms with Crippen molar-refractivity contribution in [1.29, 1.82) is 5.26 Å². The van der Waals surface area contributed by atoms with Gasteiger partial charge in [-0.2, -0.15) is 5.26 Å². The molecule has 3 rings (SSSR count). The smallest absolute Gasteiger partial charge is 1.00 e. The number of nitriles is 1. The first-order valence-corrected chi connectivity index (χ1v) is 9.80. The number of rotatable bonds is 2. The first-order valence-electron chi connectivity index (χ1n) is 8.65. The maximum absolute atomic E-state index is 12.8. The Kier molecular flexibility index (Phi) is 10.9. The minimum absolute atomic E-state index is 0. The van der Waals surface area contributed by atoms with Gasteiger partial charge in [0, 0.05) is 16.8 Å². The van der Waals surface area contributed by atoms with Gasteiger partial charge in [0.15, 0.2) is 0 Å². The molecule has 1 heterocycles. The number of hydrogen-bond acceptors (Lipinski definition) is 4. The molecule has 1 spiro atoms. The Hall–Kier alpha value is 0.666. The molecule has 1 N–H and O–H groups in total. The zero-order valence-electron chi connectivity index (χ0n) is 16.5. The summed E-state index contributed by atoms with van der Waals surface area (Å²) < 4.78 is 15.9. The van der Waals surface area contributed by atoms with Crippen LogP contribution in [0.1, 0.15) is 56.3 Å². The van der Waals surface area contributed by atoms with E-state index in [9.17, 15) is 9.81 Å². The van der Waals surface area contributed by atoms with E-state index >= 15 is 0 Å². The van der Waals surface area contributed by atoms with Crippen LogP contribution in [0.3, 0.4) is 0 Å². The molecule has 4 nitrogen and oxygen atoms in total. The molecule has 1 unspecified atom stereocenters. The number of hydrogen-bond donors (Lipinski definition) is 1. The number of benzene rings is 1. The van der Waals surface area contributed by atoms with Crippen molar-refractivity contribution in [3.8, 4) is 6.07 Å². The summed E-state index contributed by atoms with van der Waals surface area (Å²) in [5.74, 6) is 0. The topological polar surface area (TPSA) is 62.1 Å². The third kappa shape index (κ3) is 5.85. The van der Waals surface area contributed by atoms with Crippen LogP contribution < -0.4 is 38.7 Å². The first-order chi connectivity index (χ1) is 11.2. The van der Waals surface area contributed by atoms with Gasteiger partial charge >= 0.3 is 23.1 Å². The van der Waals surface area contributed by atoms with E-state index in [1.165, 1.54) is 11.1 Å². The van der Waals surface area contributed by atoms with Crippen molar-refractivity contribution in [3.63, 3.8) is 0 Å². The van der Waals surface area contributed by atoms with Gasteiger partial charge in [-0.15, -0.1) is 4.72 Å². The Morgan fingerprint density at radius 3 is 2.37 bits per heavy atom. The molecule has 0 saturated carbocycles. The average Bonchev–Trinajstić information content (AvgIpc) is 2.82. The van der Waals surface area contributed by atoms with Gasteiger partial charge in [0.2, 0.25) is 0 Å². The van der Waals surface area contributed by atoms with E-state index in [1.54, 1.807) is 0 Å². The number of nitrogens with zero attached hydrogens (tertiary/aromatic N) is 2. The number of fused-ring (bicyclic) bond motifs is 1. The molecule has 1 saturated heterocycles.